The van der Waals surface area contributed by atoms with Crippen molar-refractivity contribution in [2.45, 2.75) is 45.7 Å². The molecule has 0 aromatic carbocycles. The van der Waals surface area contributed by atoms with Crippen molar-refractivity contribution in [3.05, 3.63) is 24.0 Å². The summed E-state index contributed by atoms with van der Waals surface area (Å²) in [6.45, 7) is 5.38. The van der Waals surface area contributed by atoms with Crippen LogP contribution in [0.1, 0.15) is 32.3 Å². The van der Waals surface area contributed by atoms with Gasteiger partial charge in [-0.3, -0.25) is 0 Å². The van der Waals surface area contributed by atoms with E-state index in [1.54, 1.807) is 0 Å². The van der Waals surface area contributed by atoms with E-state index in [0.29, 0.717) is 6.04 Å². The maximum Gasteiger partial charge on any atom is 0.0217 e. The normalized spacial score (nSPS) is 13.2. The first-order chi connectivity index (χ1) is 6.22. The molecule has 1 aromatic rings. The van der Waals surface area contributed by atoms with Gasteiger partial charge in [0.05, 0.1) is 0 Å². The summed E-state index contributed by atoms with van der Waals surface area (Å²) in [6, 6.07) is 2.51. The highest BCUT2D eigenvalue weighted by Gasteiger charge is 1.98. The van der Waals surface area contributed by atoms with Gasteiger partial charge in [0, 0.05) is 25.0 Å². The van der Waals surface area contributed by atoms with Crippen LogP contribution in [0.25, 0.3) is 0 Å². The third-order valence-electron chi connectivity index (χ3n) is 2.18. The summed E-state index contributed by atoms with van der Waals surface area (Å²) >= 11 is 0. The van der Waals surface area contributed by atoms with Crippen LogP contribution in [0.15, 0.2) is 18.5 Å². The van der Waals surface area contributed by atoms with E-state index in [0.717, 1.165) is 19.4 Å². The van der Waals surface area contributed by atoms with Crippen molar-refractivity contribution in [1.82, 2.24) is 4.57 Å². The Hall–Kier alpha value is -0.760. The predicted octanol–water partition coefficient (Wildman–Crippen LogP) is 2.18. The molecule has 1 heterocycles. The second-order valence-corrected chi connectivity index (χ2v) is 3.77. The van der Waals surface area contributed by atoms with Gasteiger partial charge in [0.2, 0.25) is 0 Å². The summed E-state index contributed by atoms with van der Waals surface area (Å²) in [4.78, 5) is 0. The average Bonchev–Trinajstić information content (AvgIpc) is 2.50. The molecule has 13 heavy (non-hydrogen) atoms. The maximum atomic E-state index is 5.70. The lowest BCUT2D eigenvalue weighted by atomic mass is 10.1. The third kappa shape index (κ3) is 3.64. The minimum Gasteiger partial charge on any atom is -0.354 e. The predicted molar refractivity (Wildman–Crippen MR) is 56.7 cm³/mol. The van der Waals surface area contributed by atoms with Crippen LogP contribution in [0.5, 0.6) is 0 Å². The molecule has 1 atom stereocenters. The second kappa shape index (κ2) is 5.07. The van der Waals surface area contributed by atoms with Crippen molar-refractivity contribution in [2.24, 2.45) is 5.73 Å². The number of nitrogens with zero attached hydrogens (tertiary/aromatic N) is 1. The van der Waals surface area contributed by atoms with E-state index in [1.165, 1.54) is 12.0 Å². The van der Waals surface area contributed by atoms with E-state index in [2.05, 4.69) is 36.9 Å². The molecule has 2 nitrogen and oxygen atoms in total. The lowest BCUT2D eigenvalue weighted by Crippen LogP contribution is -2.15. The first-order valence-corrected chi connectivity index (χ1v) is 5.12. The number of aromatic nitrogens is 1. The summed E-state index contributed by atoms with van der Waals surface area (Å²) in [5, 5.41) is 0. The van der Waals surface area contributed by atoms with Crippen molar-refractivity contribution >= 4 is 0 Å². The number of hydrogen-bond acceptors (Lipinski definition) is 1. The quantitative estimate of drug-likeness (QED) is 0.739. The smallest absolute Gasteiger partial charge is 0.0217 e. The van der Waals surface area contributed by atoms with Crippen LogP contribution in [0.3, 0.4) is 0 Å². The van der Waals surface area contributed by atoms with Gasteiger partial charge in [-0.2, -0.15) is 0 Å². The van der Waals surface area contributed by atoms with E-state index < -0.39 is 0 Å². The summed E-state index contributed by atoms with van der Waals surface area (Å²) in [6.07, 6.45) is 7.76. The Morgan fingerprint density at radius 1 is 1.54 bits per heavy atom. The fourth-order valence-electron chi connectivity index (χ4n) is 1.43. The molecule has 0 aliphatic rings. The van der Waals surface area contributed by atoms with Crippen LogP contribution >= 0.6 is 0 Å². The molecular weight excluding hydrogens is 160 g/mol. The molecule has 1 rings (SSSR count). The molecular formula is C11H20N2. The Kier molecular flexibility index (Phi) is 4.03. The van der Waals surface area contributed by atoms with E-state index >= 15 is 0 Å². The highest BCUT2D eigenvalue weighted by molar-refractivity contribution is 5.10. The van der Waals surface area contributed by atoms with Gasteiger partial charge < -0.3 is 10.3 Å². The van der Waals surface area contributed by atoms with Gasteiger partial charge in [-0.25, -0.2) is 0 Å². The van der Waals surface area contributed by atoms with E-state index in [9.17, 15) is 0 Å². The molecule has 74 valence electrons. The highest BCUT2D eigenvalue weighted by atomic mass is 14.9. The largest absolute Gasteiger partial charge is 0.354 e. The van der Waals surface area contributed by atoms with Crippen LogP contribution in [0, 0.1) is 0 Å². The Bertz CT molecular complexity index is 238. The highest BCUT2D eigenvalue weighted by Crippen LogP contribution is 2.06. The number of hydrogen-bond donors (Lipinski definition) is 1. The summed E-state index contributed by atoms with van der Waals surface area (Å²) in [7, 11) is 0. The van der Waals surface area contributed by atoms with E-state index in [-0.39, 0.29) is 0 Å². The molecule has 0 amide bonds. The Labute approximate surface area is 80.7 Å². The molecule has 0 spiro atoms. The SMILES string of the molecule is CCCn1ccc(CCC(C)N)c1. The molecule has 0 radical (unpaired) electrons. The van der Waals surface area contributed by atoms with Gasteiger partial charge in [0.1, 0.15) is 0 Å². The van der Waals surface area contributed by atoms with Crippen molar-refractivity contribution in [2.75, 3.05) is 0 Å². The van der Waals surface area contributed by atoms with Gasteiger partial charge in [-0.1, -0.05) is 6.92 Å². The lowest BCUT2D eigenvalue weighted by Gasteiger charge is -2.02. The molecule has 1 unspecified atom stereocenters. The van der Waals surface area contributed by atoms with Crippen LogP contribution in [0.4, 0.5) is 0 Å². The molecule has 2 heteroatoms. The minimum atomic E-state index is 0.314. The molecule has 0 aliphatic carbocycles. The van der Waals surface area contributed by atoms with Gasteiger partial charge in [-0.15, -0.1) is 0 Å². The Morgan fingerprint density at radius 2 is 2.31 bits per heavy atom. The van der Waals surface area contributed by atoms with Crippen molar-refractivity contribution in [1.29, 1.82) is 0 Å². The lowest BCUT2D eigenvalue weighted by molar-refractivity contribution is 0.657. The zero-order valence-electron chi connectivity index (χ0n) is 8.66. The summed E-state index contributed by atoms with van der Waals surface area (Å²) < 4.78 is 2.25. The van der Waals surface area contributed by atoms with Gasteiger partial charge in [-0.05, 0) is 37.8 Å². The minimum absolute atomic E-state index is 0.314. The first kappa shape index (κ1) is 10.3. The molecule has 0 bridgehead atoms. The van der Waals surface area contributed by atoms with E-state index in [4.69, 9.17) is 5.73 Å². The first-order valence-electron chi connectivity index (χ1n) is 5.12. The second-order valence-electron chi connectivity index (χ2n) is 3.77. The Morgan fingerprint density at radius 3 is 2.92 bits per heavy atom. The fraction of sp³-hybridized carbons (Fsp3) is 0.636. The van der Waals surface area contributed by atoms with Crippen molar-refractivity contribution < 1.29 is 0 Å². The van der Waals surface area contributed by atoms with E-state index in [1.807, 2.05) is 0 Å². The third-order valence-corrected chi connectivity index (χ3v) is 2.18. The standard InChI is InChI=1S/C11H20N2/c1-3-7-13-8-6-11(9-13)5-4-10(2)12/h6,8-10H,3-5,7,12H2,1-2H3. The molecule has 0 saturated heterocycles. The fourth-order valence-corrected chi connectivity index (χ4v) is 1.43. The van der Waals surface area contributed by atoms with Gasteiger partial charge in [0.25, 0.3) is 0 Å². The molecule has 1 aromatic heterocycles. The van der Waals surface area contributed by atoms with Gasteiger partial charge >= 0.3 is 0 Å². The van der Waals surface area contributed by atoms with Crippen molar-refractivity contribution in [3.8, 4) is 0 Å². The topological polar surface area (TPSA) is 30.9 Å². The molecule has 0 saturated carbocycles. The van der Waals surface area contributed by atoms with Crippen LogP contribution in [-0.2, 0) is 13.0 Å². The molecule has 0 aliphatic heterocycles. The molecule has 0 fully saturated rings. The summed E-state index contributed by atoms with van der Waals surface area (Å²) in [5.74, 6) is 0. The number of rotatable bonds is 5. The summed E-state index contributed by atoms with van der Waals surface area (Å²) in [5.41, 5.74) is 7.11. The molecule has 2 N–H and O–H groups in total. The zero-order chi connectivity index (χ0) is 9.68. The van der Waals surface area contributed by atoms with Crippen LogP contribution in [-0.4, -0.2) is 10.6 Å². The Balaban J connectivity index is 2.39. The van der Waals surface area contributed by atoms with Crippen molar-refractivity contribution in [3.63, 3.8) is 0 Å². The zero-order valence-corrected chi connectivity index (χ0v) is 8.66. The van der Waals surface area contributed by atoms with Gasteiger partial charge in [0.15, 0.2) is 0 Å². The van der Waals surface area contributed by atoms with Crippen LogP contribution < -0.4 is 5.73 Å². The van der Waals surface area contributed by atoms with Crippen LogP contribution in [0.2, 0.25) is 0 Å². The number of nitrogens with two attached hydrogens (primary N) is 1. The maximum absolute atomic E-state index is 5.70. The average molecular weight is 180 g/mol. The monoisotopic (exact) mass is 180 g/mol. The number of aryl methyl sites for hydroxylation is 2.